The molecule has 0 aliphatic carbocycles. The van der Waals surface area contributed by atoms with Crippen LogP contribution in [0, 0.1) is 6.92 Å². The number of carbonyl (C=O) groups is 1. The molecule has 0 saturated heterocycles. The highest BCUT2D eigenvalue weighted by Crippen LogP contribution is 2.24. The summed E-state index contributed by atoms with van der Waals surface area (Å²) in [7, 11) is -3.46. The Morgan fingerprint density at radius 3 is 2.50 bits per heavy atom. The minimum absolute atomic E-state index is 0.0825. The van der Waals surface area contributed by atoms with Gasteiger partial charge in [-0.2, -0.15) is 4.31 Å². The standard InChI is InChI=1S/C18H24N2O4S2/c1-4-20(5-2)26(22,23)18-11-10-15(25-18)12-19-17(21)13-24-16-9-7-6-8-14(16)3/h6-11H,4-5,12-13H2,1-3H3,(H,19,21). The van der Waals surface area contributed by atoms with Gasteiger partial charge in [0.1, 0.15) is 9.96 Å². The van der Waals surface area contributed by atoms with Crippen LogP contribution in [0.2, 0.25) is 0 Å². The Kier molecular flexibility index (Phi) is 7.19. The lowest BCUT2D eigenvalue weighted by Gasteiger charge is -2.16. The van der Waals surface area contributed by atoms with Gasteiger partial charge in [0.2, 0.25) is 0 Å². The first-order valence-electron chi connectivity index (χ1n) is 8.42. The second kappa shape index (κ2) is 9.16. The van der Waals surface area contributed by atoms with Crippen molar-refractivity contribution in [3.8, 4) is 5.75 Å². The Hall–Kier alpha value is -1.90. The topological polar surface area (TPSA) is 75.7 Å². The molecule has 0 bridgehead atoms. The summed E-state index contributed by atoms with van der Waals surface area (Å²) in [5.74, 6) is 0.418. The molecule has 0 aliphatic rings. The van der Waals surface area contributed by atoms with Gasteiger partial charge >= 0.3 is 0 Å². The maximum absolute atomic E-state index is 12.5. The average molecular weight is 397 g/mol. The van der Waals surface area contributed by atoms with E-state index in [-0.39, 0.29) is 19.1 Å². The van der Waals surface area contributed by atoms with Gasteiger partial charge in [0.05, 0.1) is 6.54 Å². The number of hydrogen-bond acceptors (Lipinski definition) is 5. The lowest BCUT2D eigenvalue weighted by Crippen LogP contribution is -2.30. The van der Waals surface area contributed by atoms with E-state index >= 15 is 0 Å². The maximum atomic E-state index is 12.5. The largest absolute Gasteiger partial charge is 0.484 e. The summed E-state index contributed by atoms with van der Waals surface area (Å²) in [5, 5.41) is 2.75. The number of hydrogen-bond donors (Lipinski definition) is 1. The summed E-state index contributed by atoms with van der Waals surface area (Å²) in [6.45, 7) is 6.58. The van der Waals surface area contributed by atoms with Crippen LogP contribution in [-0.2, 0) is 21.4 Å². The molecule has 0 radical (unpaired) electrons. The zero-order valence-electron chi connectivity index (χ0n) is 15.2. The molecule has 2 rings (SSSR count). The highest BCUT2D eigenvalue weighted by Gasteiger charge is 2.23. The number of nitrogens with one attached hydrogen (secondary N) is 1. The molecule has 1 aromatic heterocycles. The molecule has 2 aromatic rings. The van der Waals surface area contributed by atoms with Crippen LogP contribution >= 0.6 is 11.3 Å². The molecule has 1 aromatic carbocycles. The Morgan fingerprint density at radius 2 is 1.85 bits per heavy atom. The van der Waals surface area contributed by atoms with E-state index in [1.54, 1.807) is 12.1 Å². The number of benzene rings is 1. The van der Waals surface area contributed by atoms with Crippen LogP contribution in [-0.4, -0.2) is 38.3 Å². The quantitative estimate of drug-likeness (QED) is 0.707. The predicted octanol–water partition coefficient (Wildman–Crippen LogP) is 2.78. The number of ether oxygens (including phenoxy) is 1. The zero-order chi connectivity index (χ0) is 19.2. The lowest BCUT2D eigenvalue weighted by atomic mass is 10.2. The van der Waals surface area contributed by atoms with Gasteiger partial charge in [0, 0.05) is 18.0 Å². The summed E-state index contributed by atoms with van der Waals surface area (Å²) in [6, 6.07) is 10.8. The predicted molar refractivity (Wildman–Crippen MR) is 103 cm³/mol. The van der Waals surface area contributed by atoms with Crippen LogP contribution in [0.25, 0.3) is 0 Å². The van der Waals surface area contributed by atoms with Crippen molar-refractivity contribution in [2.45, 2.75) is 31.5 Å². The van der Waals surface area contributed by atoms with Gasteiger partial charge in [0.25, 0.3) is 15.9 Å². The van der Waals surface area contributed by atoms with E-state index in [1.807, 2.05) is 45.0 Å². The normalized spacial score (nSPS) is 11.5. The molecule has 0 fully saturated rings. The van der Waals surface area contributed by atoms with E-state index in [2.05, 4.69) is 5.32 Å². The van der Waals surface area contributed by atoms with Gasteiger partial charge in [-0.3, -0.25) is 4.79 Å². The number of para-hydroxylation sites is 1. The SMILES string of the molecule is CCN(CC)S(=O)(=O)c1ccc(CNC(=O)COc2ccccc2C)s1. The van der Waals surface area contributed by atoms with Gasteiger partial charge in [-0.15, -0.1) is 11.3 Å². The molecule has 1 amide bonds. The van der Waals surface area contributed by atoms with E-state index in [1.165, 1.54) is 15.6 Å². The number of amides is 1. The highest BCUT2D eigenvalue weighted by atomic mass is 32.2. The molecule has 142 valence electrons. The third-order valence-electron chi connectivity index (χ3n) is 3.85. The van der Waals surface area contributed by atoms with Crippen molar-refractivity contribution in [1.29, 1.82) is 0 Å². The summed E-state index contributed by atoms with van der Waals surface area (Å²) in [5.41, 5.74) is 0.963. The highest BCUT2D eigenvalue weighted by molar-refractivity contribution is 7.91. The van der Waals surface area contributed by atoms with Gasteiger partial charge in [0.15, 0.2) is 6.61 Å². The molecule has 26 heavy (non-hydrogen) atoms. The van der Waals surface area contributed by atoms with Crippen molar-refractivity contribution >= 4 is 27.3 Å². The Bertz CT molecular complexity index is 842. The van der Waals surface area contributed by atoms with Crippen LogP contribution in [0.5, 0.6) is 5.75 Å². The van der Waals surface area contributed by atoms with E-state index in [0.717, 1.165) is 10.4 Å². The summed E-state index contributed by atoms with van der Waals surface area (Å²) in [4.78, 5) is 12.7. The molecule has 0 atom stereocenters. The molecule has 8 heteroatoms. The minimum Gasteiger partial charge on any atom is -0.484 e. The Labute approximate surface area is 158 Å². The second-order valence-corrected chi connectivity index (χ2v) is 8.97. The number of carbonyl (C=O) groups excluding carboxylic acids is 1. The van der Waals surface area contributed by atoms with Gasteiger partial charge < -0.3 is 10.1 Å². The molecule has 1 N–H and O–H groups in total. The summed E-state index contributed by atoms with van der Waals surface area (Å²) < 4.78 is 32.1. The molecular formula is C18H24N2O4S2. The summed E-state index contributed by atoms with van der Waals surface area (Å²) >= 11 is 1.17. The number of thiophene rings is 1. The van der Waals surface area contributed by atoms with Crippen molar-refractivity contribution in [1.82, 2.24) is 9.62 Å². The zero-order valence-corrected chi connectivity index (χ0v) is 16.8. The first kappa shape index (κ1) is 20.4. The van der Waals surface area contributed by atoms with E-state index in [9.17, 15) is 13.2 Å². The van der Waals surface area contributed by atoms with Crippen molar-refractivity contribution < 1.29 is 17.9 Å². The van der Waals surface area contributed by atoms with Crippen molar-refractivity contribution in [2.24, 2.45) is 0 Å². The second-order valence-electron chi connectivity index (χ2n) is 5.64. The lowest BCUT2D eigenvalue weighted by molar-refractivity contribution is -0.123. The molecular weight excluding hydrogens is 372 g/mol. The van der Waals surface area contributed by atoms with Crippen molar-refractivity contribution in [3.63, 3.8) is 0 Å². The number of rotatable bonds is 9. The fourth-order valence-electron chi connectivity index (χ4n) is 2.38. The Morgan fingerprint density at radius 1 is 1.15 bits per heavy atom. The third-order valence-corrected chi connectivity index (χ3v) is 7.45. The van der Waals surface area contributed by atoms with Crippen LogP contribution in [0.3, 0.4) is 0 Å². The third kappa shape index (κ3) is 5.06. The van der Waals surface area contributed by atoms with Gasteiger partial charge in [-0.25, -0.2) is 8.42 Å². The van der Waals surface area contributed by atoms with Gasteiger partial charge in [-0.1, -0.05) is 32.0 Å². The van der Waals surface area contributed by atoms with Gasteiger partial charge in [-0.05, 0) is 30.7 Å². The fraction of sp³-hybridized carbons (Fsp3) is 0.389. The number of sulfonamides is 1. The van der Waals surface area contributed by atoms with Crippen LogP contribution in [0.15, 0.2) is 40.6 Å². The Balaban J connectivity index is 1.89. The molecule has 0 saturated carbocycles. The van der Waals surface area contributed by atoms with Crippen LogP contribution in [0.4, 0.5) is 0 Å². The molecule has 1 heterocycles. The molecule has 0 aliphatic heterocycles. The fourth-order valence-corrected chi connectivity index (χ4v) is 5.29. The van der Waals surface area contributed by atoms with Crippen molar-refractivity contribution in [3.05, 3.63) is 46.8 Å². The monoisotopic (exact) mass is 396 g/mol. The molecule has 0 spiro atoms. The molecule has 6 nitrogen and oxygen atoms in total. The first-order chi connectivity index (χ1) is 12.4. The van der Waals surface area contributed by atoms with Crippen LogP contribution in [0.1, 0.15) is 24.3 Å². The average Bonchev–Trinajstić information content (AvgIpc) is 3.10. The van der Waals surface area contributed by atoms with Crippen LogP contribution < -0.4 is 10.1 Å². The van der Waals surface area contributed by atoms with E-state index in [4.69, 9.17) is 4.74 Å². The van der Waals surface area contributed by atoms with E-state index < -0.39 is 10.0 Å². The van der Waals surface area contributed by atoms with Crippen molar-refractivity contribution in [2.75, 3.05) is 19.7 Å². The summed E-state index contributed by atoms with van der Waals surface area (Å²) in [6.07, 6.45) is 0. The first-order valence-corrected chi connectivity index (χ1v) is 10.7. The van der Waals surface area contributed by atoms with E-state index in [0.29, 0.717) is 23.0 Å². The maximum Gasteiger partial charge on any atom is 0.258 e. The number of nitrogens with zero attached hydrogens (tertiary/aromatic N) is 1. The smallest absolute Gasteiger partial charge is 0.258 e. The molecule has 0 unspecified atom stereocenters. The number of aryl methyl sites for hydroxylation is 1. The minimum atomic E-state index is -3.46.